The molecule has 0 unspecified atom stereocenters. The summed E-state index contributed by atoms with van der Waals surface area (Å²) in [5, 5.41) is 19.0. The number of nitrogens with one attached hydrogen (secondary N) is 2. The van der Waals surface area contributed by atoms with Crippen molar-refractivity contribution in [1.82, 2.24) is 25.6 Å². The number of hydrogen-bond donors (Lipinski definition) is 2. The van der Waals surface area contributed by atoms with E-state index in [9.17, 15) is 0 Å². The second kappa shape index (κ2) is 4.89. The molecule has 19 heavy (non-hydrogen) atoms. The second-order valence-corrected chi connectivity index (χ2v) is 3.93. The molecule has 0 radical (unpaired) electrons. The van der Waals surface area contributed by atoms with Crippen molar-refractivity contribution in [3.63, 3.8) is 0 Å². The minimum atomic E-state index is 0.458. The molecule has 0 atom stereocenters. The van der Waals surface area contributed by atoms with Gasteiger partial charge in [0.15, 0.2) is 5.82 Å². The lowest BCUT2D eigenvalue weighted by molar-refractivity contribution is 0.415. The molecule has 2 aromatic heterocycles. The molecule has 0 bridgehead atoms. The first-order valence-electron chi connectivity index (χ1n) is 5.76. The fourth-order valence-corrected chi connectivity index (χ4v) is 1.84. The minimum Gasteiger partial charge on any atom is -0.497 e. The van der Waals surface area contributed by atoms with E-state index in [2.05, 4.69) is 30.9 Å². The molecule has 7 nitrogen and oxygen atoms in total. The number of rotatable bonds is 4. The van der Waals surface area contributed by atoms with Crippen molar-refractivity contribution >= 4 is 16.6 Å². The largest absolute Gasteiger partial charge is 0.497 e. The van der Waals surface area contributed by atoms with Crippen LogP contribution in [0.2, 0.25) is 0 Å². The van der Waals surface area contributed by atoms with Crippen LogP contribution in [0.5, 0.6) is 5.75 Å². The monoisotopic (exact) mass is 256 g/mol. The molecule has 1 aromatic carbocycles. The van der Waals surface area contributed by atoms with Gasteiger partial charge in [-0.15, -0.1) is 10.2 Å². The molecule has 0 saturated heterocycles. The third-order valence-corrected chi connectivity index (χ3v) is 2.78. The fourth-order valence-electron chi connectivity index (χ4n) is 1.84. The summed E-state index contributed by atoms with van der Waals surface area (Å²) in [5.74, 6) is 2.14. The van der Waals surface area contributed by atoms with Gasteiger partial charge in [-0.25, -0.2) is 4.98 Å². The Balaban J connectivity index is 1.93. The van der Waals surface area contributed by atoms with Gasteiger partial charge < -0.3 is 10.1 Å². The highest BCUT2D eigenvalue weighted by Crippen LogP contribution is 2.25. The van der Waals surface area contributed by atoms with E-state index in [4.69, 9.17) is 4.74 Å². The Bertz CT molecular complexity index is 682. The number of aromatic nitrogens is 5. The molecule has 0 aliphatic rings. The Kier molecular flexibility index (Phi) is 2.93. The van der Waals surface area contributed by atoms with Crippen molar-refractivity contribution in [3.8, 4) is 5.75 Å². The molecule has 0 aliphatic heterocycles. The number of H-pyrrole nitrogens is 1. The maximum atomic E-state index is 5.23. The summed E-state index contributed by atoms with van der Waals surface area (Å²) in [4.78, 5) is 4.33. The van der Waals surface area contributed by atoms with Crippen LogP contribution >= 0.6 is 0 Å². The van der Waals surface area contributed by atoms with Gasteiger partial charge in [0.2, 0.25) is 0 Å². The van der Waals surface area contributed by atoms with Crippen LogP contribution in [-0.2, 0) is 6.54 Å². The standard InChI is InChI=1S/C12H12N6O/c1-19-9-3-2-8-4-5-13-12(10(8)6-9)14-7-11-15-17-18-16-11/h2-6H,7H2,1H3,(H,13,14)(H,15,16,17,18). The molecule has 0 fully saturated rings. The molecule has 0 spiro atoms. The SMILES string of the molecule is COc1ccc2ccnc(NCc3nn[nH]n3)c2c1. The van der Waals surface area contributed by atoms with E-state index >= 15 is 0 Å². The molecule has 7 heteroatoms. The smallest absolute Gasteiger partial charge is 0.193 e. The predicted octanol–water partition coefficient (Wildman–Crippen LogP) is 1.37. The summed E-state index contributed by atoms with van der Waals surface area (Å²) >= 11 is 0. The van der Waals surface area contributed by atoms with E-state index in [1.807, 2.05) is 24.3 Å². The quantitative estimate of drug-likeness (QED) is 0.733. The van der Waals surface area contributed by atoms with Crippen LogP contribution in [0.15, 0.2) is 30.5 Å². The Morgan fingerprint density at radius 3 is 3.05 bits per heavy atom. The van der Waals surface area contributed by atoms with Crippen molar-refractivity contribution in [2.75, 3.05) is 12.4 Å². The number of nitrogens with zero attached hydrogens (tertiary/aromatic N) is 4. The summed E-state index contributed by atoms with van der Waals surface area (Å²) in [6, 6.07) is 7.82. The lowest BCUT2D eigenvalue weighted by Gasteiger charge is -2.08. The average molecular weight is 256 g/mol. The molecule has 3 rings (SSSR count). The summed E-state index contributed by atoms with van der Waals surface area (Å²) in [6.45, 7) is 0.458. The molecule has 96 valence electrons. The summed E-state index contributed by atoms with van der Waals surface area (Å²) in [6.07, 6.45) is 1.76. The number of benzene rings is 1. The number of methoxy groups -OCH3 is 1. The van der Waals surface area contributed by atoms with Crippen molar-refractivity contribution in [1.29, 1.82) is 0 Å². The van der Waals surface area contributed by atoms with Crippen molar-refractivity contribution in [3.05, 3.63) is 36.3 Å². The lowest BCUT2D eigenvalue weighted by atomic mass is 10.1. The van der Waals surface area contributed by atoms with E-state index in [1.165, 1.54) is 0 Å². The van der Waals surface area contributed by atoms with Gasteiger partial charge in [-0.3, -0.25) is 0 Å². The first-order chi connectivity index (χ1) is 9.36. The van der Waals surface area contributed by atoms with E-state index in [0.29, 0.717) is 12.4 Å². The highest BCUT2D eigenvalue weighted by molar-refractivity contribution is 5.92. The fraction of sp³-hybridized carbons (Fsp3) is 0.167. The normalized spacial score (nSPS) is 10.6. The third kappa shape index (κ3) is 2.30. The Hall–Kier alpha value is -2.70. The summed E-state index contributed by atoms with van der Waals surface area (Å²) in [5.41, 5.74) is 0. The van der Waals surface area contributed by atoms with Crippen molar-refractivity contribution in [2.45, 2.75) is 6.54 Å². The summed E-state index contributed by atoms with van der Waals surface area (Å²) < 4.78 is 5.23. The van der Waals surface area contributed by atoms with Crippen LogP contribution in [0.1, 0.15) is 5.82 Å². The van der Waals surface area contributed by atoms with Crippen LogP contribution in [-0.4, -0.2) is 32.7 Å². The van der Waals surface area contributed by atoms with E-state index in [1.54, 1.807) is 13.3 Å². The third-order valence-electron chi connectivity index (χ3n) is 2.78. The average Bonchev–Trinajstić information content (AvgIpc) is 2.97. The maximum absolute atomic E-state index is 5.23. The van der Waals surface area contributed by atoms with Gasteiger partial charge in [0, 0.05) is 11.6 Å². The van der Waals surface area contributed by atoms with Crippen molar-refractivity contribution in [2.24, 2.45) is 0 Å². The maximum Gasteiger partial charge on any atom is 0.193 e. The van der Waals surface area contributed by atoms with E-state index in [-0.39, 0.29) is 0 Å². The highest BCUT2D eigenvalue weighted by atomic mass is 16.5. The van der Waals surface area contributed by atoms with Gasteiger partial charge in [0.05, 0.1) is 13.7 Å². The molecule has 2 heterocycles. The van der Waals surface area contributed by atoms with Gasteiger partial charge >= 0.3 is 0 Å². The molecule has 2 N–H and O–H groups in total. The van der Waals surface area contributed by atoms with Gasteiger partial charge in [0.1, 0.15) is 11.6 Å². The zero-order valence-corrected chi connectivity index (χ0v) is 10.3. The first kappa shape index (κ1) is 11.4. The zero-order chi connectivity index (χ0) is 13.1. The number of aromatic amines is 1. The van der Waals surface area contributed by atoms with Crippen molar-refractivity contribution < 1.29 is 4.74 Å². The van der Waals surface area contributed by atoms with Crippen LogP contribution in [0.3, 0.4) is 0 Å². The molecular weight excluding hydrogens is 244 g/mol. The number of pyridine rings is 1. The van der Waals surface area contributed by atoms with Crippen LogP contribution in [0.25, 0.3) is 10.8 Å². The Labute approximate surface area is 109 Å². The molecule has 0 amide bonds. The topological polar surface area (TPSA) is 88.6 Å². The molecule has 0 aliphatic carbocycles. The number of ether oxygens (including phenoxy) is 1. The van der Waals surface area contributed by atoms with Gasteiger partial charge in [0.25, 0.3) is 0 Å². The van der Waals surface area contributed by atoms with Gasteiger partial charge in [-0.2, -0.15) is 5.21 Å². The molecule has 3 aromatic rings. The number of hydrogen-bond acceptors (Lipinski definition) is 6. The highest BCUT2D eigenvalue weighted by Gasteiger charge is 2.05. The zero-order valence-electron chi connectivity index (χ0n) is 10.3. The molecule has 0 saturated carbocycles. The minimum absolute atomic E-state index is 0.458. The van der Waals surface area contributed by atoms with E-state index in [0.717, 1.165) is 22.3 Å². The second-order valence-electron chi connectivity index (χ2n) is 3.93. The number of fused-ring (bicyclic) bond motifs is 1. The Morgan fingerprint density at radius 1 is 1.32 bits per heavy atom. The number of tetrazole rings is 1. The number of anilines is 1. The lowest BCUT2D eigenvalue weighted by Crippen LogP contribution is -2.03. The first-order valence-corrected chi connectivity index (χ1v) is 5.76. The summed E-state index contributed by atoms with van der Waals surface area (Å²) in [7, 11) is 1.64. The van der Waals surface area contributed by atoms with Crippen LogP contribution in [0, 0.1) is 0 Å². The Morgan fingerprint density at radius 2 is 2.26 bits per heavy atom. The van der Waals surface area contributed by atoms with Crippen LogP contribution in [0.4, 0.5) is 5.82 Å². The van der Waals surface area contributed by atoms with E-state index < -0.39 is 0 Å². The van der Waals surface area contributed by atoms with Crippen LogP contribution < -0.4 is 10.1 Å². The predicted molar refractivity (Wildman–Crippen MR) is 69.8 cm³/mol. The molecular formula is C12H12N6O. The van der Waals surface area contributed by atoms with Gasteiger partial charge in [-0.1, -0.05) is 11.3 Å². The van der Waals surface area contributed by atoms with Gasteiger partial charge in [-0.05, 0) is 23.6 Å².